The largest absolute Gasteiger partial charge is 0.452 e. The number of morpholine rings is 1. The van der Waals surface area contributed by atoms with Crippen LogP contribution in [0.3, 0.4) is 0 Å². The molecule has 1 aliphatic carbocycles. The van der Waals surface area contributed by atoms with E-state index in [1.807, 2.05) is 4.90 Å². The summed E-state index contributed by atoms with van der Waals surface area (Å²) in [6.07, 6.45) is 4.89. The Morgan fingerprint density at radius 3 is 2.74 bits per heavy atom. The normalized spacial score (nSPS) is 15.6. The number of hydrogen-bond acceptors (Lipinski definition) is 9. The topological polar surface area (TPSA) is 135 Å². The highest BCUT2D eigenvalue weighted by atomic mass is 32.1. The molecule has 2 aromatic rings. The van der Waals surface area contributed by atoms with E-state index in [0.29, 0.717) is 42.6 Å². The number of rotatable bonds is 6. The standard InChI is InChI=1S/C23H24N4O6S/c24-13-18-16-4-2-1-3-5-20(16)34-22(18)25-21(28)14-33-23(29)17-12-15(27(30)31)6-7-19(17)26-8-10-32-11-9-26/h6-7,12H,1-5,8-11,14H2,(H,25,28). The number of nitrogens with zero attached hydrogens (tertiary/aromatic N) is 3. The van der Waals surface area contributed by atoms with E-state index >= 15 is 0 Å². The van der Waals surface area contributed by atoms with Gasteiger partial charge >= 0.3 is 5.97 Å². The fourth-order valence-electron chi connectivity index (χ4n) is 4.20. The molecule has 178 valence electrons. The van der Waals surface area contributed by atoms with E-state index < -0.39 is 23.4 Å². The van der Waals surface area contributed by atoms with Crippen molar-refractivity contribution in [2.24, 2.45) is 0 Å². The van der Waals surface area contributed by atoms with E-state index in [-0.39, 0.29) is 11.3 Å². The van der Waals surface area contributed by atoms with Gasteiger partial charge in [0.15, 0.2) is 6.61 Å². The first-order valence-corrected chi connectivity index (χ1v) is 11.9. The zero-order valence-corrected chi connectivity index (χ0v) is 19.3. The van der Waals surface area contributed by atoms with Gasteiger partial charge in [0.1, 0.15) is 11.1 Å². The summed E-state index contributed by atoms with van der Waals surface area (Å²) in [5.74, 6) is -1.40. The molecule has 2 aliphatic rings. The number of anilines is 2. The number of aryl methyl sites for hydroxylation is 1. The second kappa shape index (κ2) is 10.6. The average molecular weight is 485 g/mol. The number of nitrogens with one attached hydrogen (secondary N) is 1. The van der Waals surface area contributed by atoms with Crippen molar-refractivity contribution in [3.8, 4) is 6.07 Å². The van der Waals surface area contributed by atoms with E-state index in [4.69, 9.17) is 9.47 Å². The lowest BCUT2D eigenvalue weighted by Crippen LogP contribution is -2.37. The fraction of sp³-hybridized carbons (Fsp3) is 0.435. The Morgan fingerprint density at radius 1 is 1.24 bits per heavy atom. The number of fused-ring (bicyclic) bond motifs is 1. The van der Waals surface area contributed by atoms with E-state index in [2.05, 4.69) is 11.4 Å². The number of hydrogen-bond donors (Lipinski definition) is 1. The summed E-state index contributed by atoms with van der Waals surface area (Å²) < 4.78 is 10.5. The quantitative estimate of drug-likeness (QED) is 0.285. The van der Waals surface area contributed by atoms with Crippen LogP contribution in [0.15, 0.2) is 18.2 Å². The molecule has 1 N–H and O–H groups in total. The van der Waals surface area contributed by atoms with Crippen LogP contribution in [-0.4, -0.2) is 49.7 Å². The SMILES string of the molecule is N#Cc1c(NC(=O)COC(=O)c2cc([N+](=O)[O-])ccc2N2CCOCC2)sc2c1CCCCC2. The lowest BCUT2D eigenvalue weighted by molar-refractivity contribution is -0.384. The molecule has 1 aromatic heterocycles. The molecule has 0 bridgehead atoms. The Kier molecular flexibility index (Phi) is 7.40. The number of esters is 1. The van der Waals surface area contributed by atoms with Crippen LogP contribution in [0.5, 0.6) is 0 Å². The number of nitro benzene ring substituents is 1. The lowest BCUT2D eigenvalue weighted by atomic mass is 10.1. The first-order chi connectivity index (χ1) is 16.5. The maximum Gasteiger partial charge on any atom is 0.341 e. The summed E-state index contributed by atoms with van der Waals surface area (Å²) in [6.45, 7) is 1.43. The summed E-state index contributed by atoms with van der Waals surface area (Å²) in [4.78, 5) is 39.0. The Bertz CT molecular complexity index is 1150. The van der Waals surface area contributed by atoms with Crippen molar-refractivity contribution in [1.29, 1.82) is 5.26 Å². The molecular formula is C23H24N4O6S. The summed E-state index contributed by atoms with van der Waals surface area (Å²) in [7, 11) is 0. The number of ether oxygens (including phenoxy) is 2. The van der Waals surface area contributed by atoms with Crippen LogP contribution in [0.2, 0.25) is 0 Å². The molecule has 34 heavy (non-hydrogen) atoms. The van der Waals surface area contributed by atoms with Gasteiger partial charge in [-0.15, -0.1) is 11.3 Å². The van der Waals surface area contributed by atoms with Crippen molar-refractivity contribution >= 4 is 39.6 Å². The lowest BCUT2D eigenvalue weighted by Gasteiger charge is -2.30. The van der Waals surface area contributed by atoms with Gasteiger partial charge in [0.05, 0.1) is 35.0 Å². The van der Waals surface area contributed by atoms with Crippen LogP contribution in [-0.2, 0) is 27.1 Å². The van der Waals surface area contributed by atoms with Gasteiger partial charge in [-0.2, -0.15) is 5.26 Å². The second-order valence-corrected chi connectivity index (χ2v) is 9.17. The molecule has 4 rings (SSSR count). The Labute approximate surface area is 200 Å². The van der Waals surface area contributed by atoms with Crippen LogP contribution < -0.4 is 10.2 Å². The molecule has 1 fully saturated rings. The molecule has 0 unspecified atom stereocenters. The van der Waals surface area contributed by atoms with Gasteiger partial charge in [-0.1, -0.05) is 6.42 Å². The molecule has 10 nitrogen and oxygen atoms in total. The third-order valence-corrected chi connectivity index (χ3v) is 7.09. The zero-order chi connectivity index (χ0) is 24.1. The molecular weight excluding hydrogens is 460 g/mol. The molecule has 0 spiro atoms. The smallest absolute Gasteiger partial charge is 0.341 e. The summed E-state index contributed by atoms with van der Waals surface area (Å²) >= 11 is 1.40. The Hall–Kier alpha value is -3.49. The summed E-state index contributed by atoms with van der Waals surface area (Å²) in [5, 5.41) is 24.0. The number of carbonyl (C=O) groups excluding carboxylic acids is 2. The zero-order valence-electron chi connectivity index (χ0n) is 18.5. The maximum absolute atomic E-state index is 12.8. The number of carbonyl (C=O) groups is 2. The minimum Gasteiger partial charge on any atom is -0.452 e. The number of nitriles is 1. The highest BCUT2D eigenvalue weighted by molar-refractivity contribution is 7.16. The van der Waals surface area contributed by atoms with Gasteiger partial charge in [-0.25, -0.2) is 4.79 Å². The van der Waals surface area contributed by atoms with Crippen LogP contribution in [0.25, 0.3) is 0 Å². The predicted octanol–water partition coefficient (Wildman–Crippen LogP) is 3.43. The number of thiophene rings is 1. The van der Waals surface area contributed by atoms with E-state index in [9.17, 15) is 25.0 Å². The third-order valence-electron chi connectivity index (χ3n) is 5.88. The highest BCUT2D eigenvalue weighted by Crippen LogP contribution is 2.37. The first kappa shape index (κ1) is 23.7. The van der Waals surface area contributed by atoms with Gasteiger partial charge < -0.3 is 19.7 Å². The molecule has 1 aromatic carbocycles. The van der Waals surface area contributed by atoms with E-state index in [0.717, 1.165) is 48.6 Å². The van der Waals surface area contributed by atoms with Gasteiger partial charge in [0.2, 0.25) is 0 Å². The van der Waals surface area contributed by atoms with E-state index in [1.54, 1.807) is 0 Å². The minimum absolute atomic E-state index is 0.0180. The van der Waals surface area contributed by atoms with Crippen molar-refractivity contribution in [3.63, 3.8) is 0 Å². The summed E-state index contributed by atoms with van der Waals surface area (Å²) in [6, 6.07) is 6.20. The number of benzene rings is 1. The monoisotopic (exact) mass is 484 g/mol. The van der Waals surface area contributed by atoms with Crippen LogP contribution in [0.1, 0.15) is 45.6 Å². The highest BCUT2D eigenvalue weighted by Gasteiger charge is 2.25. The van der Waals surface area contributed by atoms with Gasteiger partial charge in [-0.3, -0.25) is 14.9 Å². The van der Waals surface area contributed by atoms with Gasteiger partial charge in [-0.05, 0) is 37.3 Å². The molecule has 0 saturated carbocycles. The van der Waals surface area contributed by atoms with Crippen molar-refractivity contribution in [2.75, 3.05) is 43.1 Å². The molecule has 1 saturated heterocycles. The molecule has 0 radical (unpaired) electrons. The molecule has 1 aliphatic heterocycles. The van der Waals surface area contributed by atoms with Crippen LogP contribution in [0, 0.1) is 21.4 Å². The molecule has 2 heterocycles. The first-order valence-electron chi connectivity index (χ1n) is 11.1. The Balaban J connectivity index is 1.46. The van der Waals surface area contributed by atoms with Crippen LogP contribution >= 0.6 is 11.3 Å². The average Bonchev–Trinajstić information content (AvgIpc) is 3.00. The van der Waals surface area contributed by atoms with Gasteiger partial charge in [0.25, 0.3) is 11.6 Å². The molecule has 0 atom stereocenters. The predicted molar refractivity (Wildman–Crippen MR) is 125 cm³/mol. The summed E-state index contributed by atoms with van der Waals surface area (Å²) in [5.41, 5.74) is 1.75. The molecule has 11 heteroatoms. The number of amides is 1. The van der Waals surface area contributed by atoms with Crippen LogP contribution in [0.4, 0.5) is 16.4 Å². The molecule has 1 amide bonds. The van der Waals surface area contributed by atoms with Gasteiger partial charge in [0, 0.05) is 30.1 Å². The second-order valence-electron chi connectivity index (χ2n) is 8.06. The van der Waals surface area contributed by atoms with Crippen molar-refractivity contribution < 1.29 is 24.0 Å². The fourth-order valence-corrected chi connectivity index (χ4v) is 5.46. The third kappa shape index (κ3) is 5.18. The van der Waals surface area contributed by atoms with Crippen molar-refractivity contribution in [1.82, 2.24) is 0 Å². The maximum atomic E-state index is 12.8. The van der Waals surface area contributed by atoms with Crippen molar-refractivity contribution in [2.45, 2.75) is 32.1 Å². The van der Waals surface area contributed by atoms with E-state index in [1.165, 1.54) is 23.5 Å². The Morgan fingerprint density at radius 2 is 2.00 bits per heavy atom. The van der Waals surface area contributed by atoms with Crippen molar-refractivity contribution in [3.05, 3.63) is 49.9 Å². The number of non-ortho nitro benzene ring substituents is 1. The number of nitro groups is 1. The minimum atomic E-state index is -0.831.